The zero-order valence-corrected chi connectivity index (χ0v) is 12.2. The lowest BCUT2D eigenvalue weighted by molar-refractivity contribution is -0.114. The Balaban J connectivity index is 4.29. The van der Waals surface area contributed by atoms with Crippen molar-refractivity contribution >= 4 is 5.91 Å². The van der Waals surface area contributed by atoms with Crippen LogP contribution < -0.4 is 5.73 Å². The van der Waals surface area contributed by atoms with Crippen LogP contribution in [-0.2, 0) is 4.79 Å². The summed E-state index contributed by atoms with van der Waals surface area (Å²) in [6.45, 7) is 2.13. The molecule has 4 N–H and O–H groups in total. The highest BCUT2D eigenvalue weighted by molar-refractivity contribution is 5.92. The number of aliphatic hydroxyl groups is 2. The van der Waals surface area contributed by atoms with Gasteiger partial charge >= 0.3 is 0 Å². The average Bonchev–Trinajstić information content (AvgIpc) is 2.38. The number of aliphatic hydroxyl groups excluding tert-OH is 2. The zero-order valence-electron chi connectivity index (χ0n) is 12.2. The second kappa shape index (κ2) is 12.2. The molecule has 0 aliphatic carbocycles. The van der Waals surface area contributed by atoms with E-state index in [1.165, 1.54) is 25.7 Å². The smallest absolute Gasteiger partial charge is 0.244 e. The number of hydrogen-bond acceptors (Lipinski definition) is 3. The van der Waals surface area contributed by atoms with E-state index in [1.807, 2.05) is 0 Å². The molecule has 4 heteroatoms. The zero-order chi connectivity index (χ0) is 14.5. The quantitative estimate of drug-likeness (QED) is 0.376. The normalized spacial score (nSPS) is 12.4. The van der Waals surface area contributed by atoms with Gasteiger partial charge in [-0.1, -0.05) is 44.6 Å². The molecule has 0 aromatic carbocycles. The number of nitrogens with two attached hydrogens (primary N) is 1. The summed E-state index contributed by atoms with van der Waals surface area (Å²) in [7, 11) is 0. The van der Waals surface area contributed by atoms with Crippen molar-refractivity contribution < 1.29 is 15.0 Å². The topological polar surface area (TPSA) is 83.6 Å². The first kappa shape index (κ1) is 18.1. The van der Waals surface area contributed by atoms with Crippen LogP contribution in [0.25, 0.3) is 0 Å². The van der Waals surface area contributed by atoms with Gasteiger partial charge in [0.1, 0.15) is 0 Å². The fraction of sp³-hybridized carbons (Fsp3) is 0.800. The Labute approximate surface area is 116 Å². The highest BCUT2D eigenvalue weighted by Gasteiger charge is 2.11. The molecule has 0 rings (SSSR count). The van der Waals surface area contributed by atoms with E-state index in [-0.39, 0.29) is 13.2 Å². The number of hydrogen-bond donors (Lipinski definition) is 3. The maximum absolute atomic E-state index is 11.4. The molecule has 19 heavy (non-hydrogen) atoms. The van der Waals surface area contributed by atoms with Gasteiger partial charge < -0.3 is 15.9 Å². The fourth-order valence-electron chi connectivity index (χ4n) is 2.27. The Morgan fingerprint density at radius 2 is 1.47 bits per heavy atom. The van der Waals surface area contributed by atoms with Crippen molar-refractivity contribution in [2.24, 2.45) is 5.73 Å². The first-order chi connectivity index (χ1) is 9.17. The molecule has 0 atom stereocenters. The SMILES string of the molecule is CCCCCCCC/C(CCO)=C(\CCO)C(N)=O. The molecule has 0 fully saturated rings. The third-order valence-electron chi connectivity index (χ3n) is 3.33. The maximum Gasteiger partial charge on any atom is 0.244 e. The van der Waals surface area contributed by atoms with Gasteiger partial charge in [0, 0.05) is 25.2 Å². The van der Waals surface area contributed by atoms with Crippen molar-refractivity contribution in [3.8, 4) is 0 Å². The summed E-state index contributed by atoms with van der Waals surface area (Å²) in [5, 5.41) is 18.0. The molecule has 0 aromatic rings. The van der Waals surface area contributed by atoms with Crippen molar-refractivity contribution in [1.29, 1.82) is 0 Å². The summed E-state index contributed by atoms with van der Waals surface area (Å²) < 4.78 is 0. The molecule has 0 radical (unpaired) electrons. The number of rotatable bonds is 12. The molecule has 0 unspecified atom stereocenters. The van der Waals surface area contributed by atoms with Gasteiger partial charge in [-0.2, -0.15) is 0 Å². The van der Waals surface area contributed by atoms with Crippen LogP contribution in [0.5, 0.6) is 0 Å². The molecular formula is C15H29NO3. The van der Waals surface area contributed by atoms with Gasteiger partial charge in [-0.15, -0.1) is 0 Å². The monoisotopic (exact) mass is 271 g/mol. The summed E-state index contributed by atoms with van der Waals surface area (Å²) in [4.78, 5) is 11.4. The third kappa shape index (κ3) is 8.78. The summed E-state index contributed by atoms with van der Waals surface area (Å²) in [5.41, 5.74) is 6.76. The number of carbonyl (C=O) groups is 1. The lowest BCUT2D eigenvalue weighted by Crippen LogP contribution is -2.17. The molecule has 0 aromatic heterocycles. The number of amides is 1. The van der Waals surface area contributed by atoms with Gasteiger partial charge in [-0.3, -0.25) is 4.79 Å². The Morgan fingerprint density at radius 1 is 0.895 bits per heavy atom. The van der Waals surface area contributed by atoms with Gasteiger partial charge in [-0.25, -0.2) is 0 Å². The fourth-order valence-corrected chi connectivity index (χ4v) is 2.27. The molecular weight excluding hydrogens is 242 g/mol. The Kier molecular flexibility index (Phi) is 11.6. The van der Waals surface area contributed by atoms with E-state index in [9.17, 15) is 4.79 Å². The van der Waals surface area contributed by atoms with Crippen molar-refractivity contribution in [2.75, 3.05) is 13.2 Å². The van der Waals surface area contributed by atoms with E-state index in [0.717, 1.165) is 24.8 Å². The van der Waals surface area contributed by atoms with Crippen LogP contribution in [-0.4, -0.2) is 29.3 Å². The van der Waals surface area contributed by atoms with Gasteiger partial charge in [0.05, 0.1) is 0 Å². The number of carbonyl (C=O) groups excluding carboxylic acids is 1. The van der Waals surface area contributed by atoms with Gasteiger partial charge in [0.15, 0.2) is 0 Å². The minimum Gasteiger partial charge on any atom is -0.396 e. The second-order valence-corrected chi connectivity index (χ2v) is 4.91. The van der Waals surface area contributed by atoms with Crippen LogP contribution in [0.3, 0.4) is 0 Å². The van der Waals surface area contributed by atoms with Crippen LogP contribution in [0.15, 0.2) is 11.1 Å². The molecule has 0 bridgehead atoms. The second-order valence-electron chi connectivity index (χ2n) is 4.91. The molecule has 0 saturated carbocycles. The molecule has 4 nitrogen and oxygen atoms in total. The first-order valence-corrected chi connectivity index (χ1v) is 7.39. The van der Waals surface area contributed by atoms with E-state index >= 15 is 0 Å². The maximum atomic E-state index is 11.4. The standard InChI is InChI=1S/C15H29NO3/c1-2-3-4-5-6-7-8-13(9-11-17)14(10-12-18)15(16)19/h17-18H,2-12H2,1H3,(H2,16,19)/b14-13-. The van der Waals surface area contributed by atoms with Crippen molar-refractivity contribution in [3.63, 3.8) is 0 Å². The van der Waals surface area contributed by atoms with Gasteiger partial charge in [-0.05, 0) is 19.3 Å². The minimum atomic E-state index is -0.469. The average molecular weight is 271 g/mol. The minimum absolute atomic E-state index is 0.0212. The van der Waals surface area contributed by atoms with Crippen LogP contribution in [0, 0.1) is 0 Å². The number of primary amides is 1. The van der Waals surface area contributed by atoms with E-state index in [0.29, 0.717) is 18.4 Å². The first-order valence-electron chi connectivity index (χ1n) is 7.39. The van der Waals surface area contributed by atoms with Gasteiger partial charge in [0.2, 0.25) is 5.91 Å². The highest BCUT2D eigenvalue weighted by atomic mass is 16.3. The molecule has 0 spiro atoms. The summed E-state index contributed by atoms with van der Waals surface area (Å²) in [5.74, 6) is -0.469. The van der Waals surface area contributed by atoms with Crippen LogP contribution in [0.1, 0.15) is 64.7 Å². The molecule has 0 heterocycles. The number of unbranched alkanes of at least 4 members (excludes halogenated alkanes) is 5. The Morgan fingerprint density at radius 3 is 2.00 bits per heavy atom. The summed E-state index contributed by atoms with van der Waals surface area (Å²) in [6, 6.07) is 0. The van der Waals surface area contributed by atoms with Crippen molar-refractivity contribution in [3.05, 3.63) is 11.1 Å². The Hall–Kier alpha value is -0.870. The predicted molar refractivity (Wildman–Crippen MR) is 77.6 cm³/mol. The van der Waals surface area contributed by atoms with E-state index in [1.54, 1.807) is 0 Å². The molecule has 0 saturated heterocycles. The van der Waals surface area contributed by atoms with Crippen LogP contribution >= 0.6 is 0 Å². The largest absolute Gasteiger partial charge is 0.396 e. The van der Waals surface area contributed by atoms with Crippen LogP contribution in [0.2, 0.25) is 0 Å². The third-order valence-corrected chi connectivity index (χ3v) is 3.33. The van der Waals surface area contributed by atoms with E-state index < -0.39 is 5.91 Å². The predicted octanol–water partition coefficient (Wildman–Crippen LogP) is 2.28. The van der Waals surface area contributed by atoms with E-state index in [4.69, 9.17) is 15.9 Å². The summed E-state index contributed by atoms with van der Waals surface area (Å²) >= 11 is 0. The van der Waals surface area contributed by atoms with E-state index in [2.05, 4.69) is 6.92 Å². The van der Waals surface area contributed by atoms with Gasteiger partial charge in [0.25, 0.3) is 0 Å². The van der Waals surface area contributed by atoms with Crippen molar-refractivity contribution in [2.45, 2.75) is 64.7 Å². The molecule has 112 valence electrons. The highest BCUT2D eigenvalue weighted by Crippen LogP contribution is 2.20. The summed E-state index contributed by atoms with van der Waals surface area (Å²) in [6.07, 6.45) is 8.70. The lowest BCUT2D eigenvalue weighted by Gasteiger charge is -2.12. The molecule has 1 amide bonds. The molecule has 0 aliphatic rings. The Bertz CT molecular complexity index is 275. The van der Waals surface area contributed by atoms with Crippen molar-refractivity contribution in [1.82, 2.24) is 0 Å². The lowest BCUT2D eigenvalue weighted by atomic mass is 9.96. The van der Waals surface area contributed by atoms with Crippen LogP contribution in [0.4, 0.5) is 0 Å². The molecule has 0 aliphatic heterocycles.